The van der Waals surface area contributed by atoms with E-state index in [0.29, 0.717) is 12.2 Å². The summed E-state index contributed by atoms with van der Waals surface area (Å²) in [5.74, 6) is 0.691. The van der Waals surface area contributed by atoms with Crippen LogP contribution in [-0.4, -0.2) is 25.3 Å². The Balaban J connectivity index is 2.15. The summed E-state index contributed by atoms with van der Waals surface area (Å²) in [6.07, 6.45) is 0.577. The average Bonchev–Trinajstić information content (AvgIpc) is 2.77. The summed E-state index contributed by atoms with van der Waals surface area (Å²) in [5.41, 5.74) is 0. The van der Waals surface area contributed by atoms with Crippen molar-refractivity contribution < 1.29 is 13.2 Å². The Labute approximate surface area is 96.1 Å². The number of hydrogen-bond donors (Lipinski definition) is 1. The largest absolute Gasteiger partial charge is 0.285 e. The van der Waals surface area contributed by atoms with Crippen molar-refractivity contribution in [3.05, 3.63) is 17.5 Å². The van der Waals surface area contributed by atoms with Gasteiger partial charge in [-0.3, -0.25) is 4.79 Å². The minimum atomic E-state index is -3.50. The van der Waals surface area contributed by atoms with E-state index in [9.17, 15) is 13.2 Å². The van der Waals surface area contributed by atoms with Crippen LogP contribution in [-0.2, 0) is 14.8 Å². The van der Waals surface area contributed by atoms with Gasteiger partial charge in [0.05, 0.1) is 6.04 Å². The third kappa shape index (κ3) is 2.41. The van der Waals surface area contributed by atoms with E-state index in [1.807, 2.05) is 0 Å². The van der Waals surface area contributed by atoms with Crippen molar-refractivity contribution in [2.45, 2.75) is 16.7 Å². The first-order valence-electron chi connectivity index (χ1n) is 4.32. The molecule has 15 heavy (non-hydrogen) atoms. The molecule has 0 aliphatic carbocycles. The highest BCUT2D eigenvalue weighted by molar-refractivity contribution is 8.14. The fraction of sp³-hybridized carbons (Fsp3) is 0.375. The van der Waals surface area contributed by atoms with Crippen molar-refractivity contribution in [1.82, 2.24) is 4.72 Å². The fourth-order valence-electron chi connectivity index (χ4n) is 1.26. The molecule has 1 atom stereocenters. The van der Waals surface area contributed by atoms with Gasteiger partial charge in [-0.25, -0.2) is 8.42 Å². The highest BCUT2D eigenvalue weighted by Crippen LogP contribution is 2.22. The second kappa shape index (κ2) is 4.25. The first-order chi connectivity index (χ1) is 7.09. The number of thioether (sulfide) groups is 1. The molecule has 1 aromatic rings. The summed E-state index contributed by atoms with van der Waals surface area (Å²) in [6, 6.07) is 2.64. The molecule has 1 saturated heterocycles. The number of hydrogen-bond acceptors (Lipinski definition) is 5. The van der Waals surface area contributed by atoms with E-state index in [0.717, 1.165) is 11.3 Å². The van der Waals surface area contributed by atoms with E-state index >= 15 is 0 Å². The number of sulfonamides is 1. The predicted octanol–water partition coefficient (Wildman–Crippen LogP) is 1.06. The number of rotatable bonds is 3. The van der Waals surface area contributed by atoms with Crippen LogP contribution in [0.1, 0.15) is 6.42 Å². The predicted molar refractivity (Wildman–Crippen MR) is 60.5 cm³/mol. The lowest BCUT2D eigenvalue weighted by Crippen LogP contribution is -2.36. The molecule has 1 aliphatic rings. The topological polar surface area (TPSA) is 63.2 Å². The van der Waals surface area contributed by atoms with Crippen molar-refractivity contribution >= 4 is 38.2 Å². The van der Waals surface area contributed by atoms with Gasteiger partial charge in [-0.05, 0) is 17.9 Å². The molecule has 4 nitrogen and oxygen atoms in total. The van der Waals surface area contributed by atoms with Crippen LogP contribution in [0.3, 0.4) is 0 Å². The smallest absolute Gasteiger partial charge is 0.250 e. The summed E-state index contributed by atoms with van der Waals surface area (Å²) >= 11 is 2.33. The second-order valence-corrected chi connectivity index (χ2v) is 7.05. The fourth-order valence-corrected chi connectivity index (χ4v) is 4.51. The summed E-state index contributed by atoms with van der Waals surface area (Å²) in [6.45, 7) is 0. The van der Waals surface area contributed by atoms with Gasteiger partial charge in [-0.15, -0.1) is 11.3 Å². The van der Waals surface area contributed by atoms with Gasteiger partial charge >= 0.3 is 0 Å². The van der Waals surface area contributed by atoms with Crippen LogP contribution in [0.2, 0.25) is 0 Å². The van der Waals surface area contributed by atoms with Gasteiger partial charge in [0.25, 0.3) is 10.0 Å². The maximum absolute atomic E-state index is 11.7. The summed E-state index contributed by atoms with van der Waals surface area (Å²) in [4.78, 5) is 11.3. The molecule has 0 amide bonds. The molecule has 7 heteroatoms. The maximum Gasteiger partial charge on any atom is 0.250 e. The third-order valence-corrected chi connectivity index (χ3v) is 5.87. The number of carbonyl (C=O) groups is 1. The monoisotopic (exact) mass is 263 g/mol. The van der Waals surface area contributed by atoms with E-state index in [2.05, 4.69) is 4.72 Å². The Bertz CT molecular complexity index is 451. The van der Waals surface area contributed by atoms with Gasteiger partial charge in [0.2, 0.25) is 5.12 Å². The first kappa shape index (κ1) is 11.1. The van der Waals surface area contributed by atoms with E-state index in [4.69, 9.17) is 0 Å². The van der Waals surface area contributed by atoms with E-state index in [1.54, 1.807) is 11.4 Å². The molecule has 2 heterocycles. The zero-order valence-electron chi connectivity index (χ0n) is 7.67. The minimum absolute atomic E-state index is 0.0878. The first-order valence-corrected chi connectivity index (χ1v) is 7.67. The Morgan fingerprint density at radius 2 is 2.27 bits per heavy atom. The van der Waals surface area contributed by atoms with Gasteiger partial charge in [-0.1, -0.05) is 17.8 Å². The lowest BCUT2D eigenvalue weighted by Gasteiger charge is -2.08. The average molecular weight is 263 g/mol. The van der Waals surface area contributed by atoms with Crippen molar-refractivity contribution in [3.63, 3.8) is 0 Å². The zero-order chi connectivity index (χ0) is 10.9. The maximum atomic E-state index is 11.7. The highest BCUT2D eigenvalue weighted by atomic mass is 32.2. The lowest BCUT2D eigenvalue weighted by atomic mass is 10.3. The normalized spacial score (nSPS) is 22.1. The Kier molecular flexibility index (Phi) is 3.15. The Hall–Kier alpha value is -0.370. The molecule has 0 saturated carbocycles. The summed E-state index contributed by atoms with van der Waals surface area (Å²) in [7, 11) is -3.50. The van der Waals surface area contributed by atoms with Crippen LogP contribution in [0.25, 0.3) is 0 Å². The van der Waals surface area contributed by atoms with Crippen LogP contribution in [0, 0.1) is 0 Å². The minimum Gasteiger partial charge on any atom is -0.285 e. The third-order valence-electron chi connectivity index (χ3n) is 1.99. The Morgan fingerprint density at radius 1 is 1.47 bits per heavy atom. The molecule has 2 rings (SSSR count). The molecule has 1 aromatic heterocycles. The van der Waals surface area contributed by atoms with Crippen molar-refractivity contribution in [3.8, 4) is 0 Å². The molecule has 0 aromatic carbocycles. The van der Waals surface area contributed by atoms with Gasteiger partial charge in [0, 0.05) is 5.75 Å². The van der Waals surface area contributed by atoms with Gasteiger partial charge in [0.1, 0.15) is 4.21 Å². The number of thiophene rings is 1. The van der Waals surface area contributed by atoms with Crippen LogP contribution >= 0.6 is 23.1 Å². The van der Waals surface area contributed by atoms with Crippen LogP contribution in [0.5, 0.6) is 0 Å². The van der Waals surface area contributed by atoms with Crippen molar-refractivity contribution in [1.29, 1.82) is 0 Å². The standard InChI is InChI=1S/C8H9NO3S3/c10-8-6(3-5-14-8)9-15(11,12)7-2-1-4-13-7/h1-2,4,6,9H,3,5H2. The van der Waals surface area contributed by atoms with Gasteiger partial charge < -0.3 is 0 Å². The molecule has 0 spiro atoms. The Morgan fingerprint density at radius 3 is 2.80 bits per heavy atom. The van der Waals surface area contributed by atoms with Gasteiger partial charge in [0.15, 0.2) is 0 Å². The molecular formula is C8H9NO3S3. The summed E-state index contributed by atoms with van der Waals surface area (Å²) < 4.78 is 26.1. The highest BCUT2D eigenvalue weighted by Gasteiger charge is 2.30. The van der Waals surface area contributed by atoms with E-state index in [1.165, 1.54) is 17.8 Å². The zero-order valence-corrected chi connectivity index (χ0v) is 10.1. The van der Waals surface area contributed by atoms with E-state index < -0.39 is 16.1 Å². The molecule has 1 aliphatic heterocycles. The lowest BCUT2D eigenvalue weighted by molar-refractivity contribution is -0.111. The number of nitrogens with one attached hydrogen (secondary N) is 1. The SMILES string of the molecule is O=C1SCCC1NS(=O)(=O)c1cccs1. The number of carbonyl (C=O) groups excluding carboxylic acids is 1. The van der Waals surface area contributed by atoms with E-state index in [-0.39, 0.29) is 9.32 Å². The van der Waals surface area contributed by atoms with Crippen LogP contribution in [0.15, 0.2) is 21.7 Å². The molecular weight excluding hydrogens is 254 g/mol. The second-order valence-electron chi connectivity index (χ2n) is 3.06. The molecule has 1 N–H and O–H groups in total. The molecule has 0 radical (unpaired) electrons. The molecule has 82 valence electrons. The van der Waals surface area contributed by atoms with Crippen LogP contribution < -0.4 is 4.72 Å². The molecule has 1 fully saturated rings. The summed E-state index contributed by atoms with van der Waals surface area (Å²) in [5, 5.41) is 1.61. The van der Waals surface area contributed by atoms with Crippen molar-refractivity contribution in [2.75, 3.05) is 5.75 Å². The van der Waals surface area contributed by atoms with Crippen molar-refractivity contribution in [2.24, 2.45) is 0 Å². The quantitative estimate of drug-likeness (QED) is 0.885. The molecule has 1 unspecified atom stereocenters. The van der Waals surface area contributed by atoms with Gasteiger partial charge in [-0.2, -0.15) is 4.72 Å². The molecule has 0 bridgehead atoms. The van der Waals surface area contributed by atoms with Crippen LogP contribution in [0.4, 0.5) is 0 Å².